The lowest BCUT2D eigenvalue weighted by Crippen LogP contribution is -2.54. The minimum absolute atomic E-state index is 0.0191. The molecule has 0 aliphatic carbocycles. The van der Waals surface area contributed by atoms with Gasteiger partial charge in [-0.05, 0) is 37.1 Å². The summed E-state index contributed by atoms with van der Waals surface area (Å²) < 4.78 is 45.4. The Hall–Kier alpha value is -1.51. The highest BCUT2D eigenvalue weighted by molar-refractivity contribution is 7.89. The largest absolute Gasteiger partial charge is 0.378 e. The minimum Gasteiger partial charge on any atom is -0.378 e. The number of hydrogen-bond acceptors (Lipinski definition) is 4. The molecule has 0 spiro atoms. The summed E-state index contributed by atoms with van der Waals surface area (Å²) in [6, 6.07) is 4.04. The Bertz CT molecular complexity index is 687. The molecule has 0 saturated carbocycles. The number of halogens is 1. The Balaban J connectivity index is 1.85. The predicted octanol–water partition coefficient (Wildman–Crippen LogP) is 1.23. The van der Waals surface area contributed by atoms with Gasteiger partial charge in [0.05, 0.1) is 18.1 Å². The highest BCUT2D eigenvalue weighted by atomic mass is 32.2. The topological polar surface area (TPSA) is 66.9 Å². The fourth-order valence-electron chi connectivity index (χ4n) is 3.18. The van der Waals surface area contributed by atoms with Crippen molar-refractivity contribution in [1.82, 2.24) is 9.21 Å². The first-order chi connectivity index (χ1) is 11.5. The van der Waals surface area contributed by atoms with E-state index in [1.165, 1.54) is 16.4 Å². The van der Waals surface area contributed by atoms with Gasteiger partial charge in [-0.3, -0.25) is 4.79 Å². The summed E-state index contributed by atoms with van der Waals surface area (Å²) in [7, 11) is -3.82. The molecule has 1 aromatic rings. The van der Waals surface area contributed by atoms with E-state index in [1.54, 1.807) is 4.90 Å². The van der Waals surface area contributed by atoms with Crippen LogP contribution in [0.4, 0.5) is 4.39 Å². The van der Waals surface area contributed by atoms with Gasteiger partial charge in [-0.1, -0.05) is 6.42 Å². The van der Waals surface area contributed by atoms with Crippen molar-refractivity contribution < 1.29 is 22.3 Å². The Morgan fingerprint density at radius 2 is 1.75 bits per heavy atom. The summed E-state index contributed by atoms with van der Waals surface area (Å²) in [4.78, 5) is 14.5. The fraction of sp³-hybridized carbons (Fsp3) is 0.562. The van der Waals surface area contributed by atoms with Crippen molar-refractivity contribution in [2.24, 2.45) is 0 Å². The number of sulfonamides is 1. The quantitative estimate of drug-likeness (QED) is 0.817. The number of piperidine rings is 1. The normalized spacial score (nSPS) is 23.2. The van der Waals surface area contributed by atoms with Gasteiger partial charge in [-0.25, -0.2) is 12.8 Å². The molecule has 0 bridgehead atoms. The van der Waals surface area contributed by atoms with Crippen molar-refractivity contribution in [2.45, 2.75) is 30.2 Å². The molecule has 0 N–H and O–H groups in total. The molecule has 2 fully saturated rings. The first-order valence-electron chi connectivity index (χ1n) is 8.14. The average molecular weight is 356 g/mol. The highest BCUT2D eigenvalue weighted by Crippen LogP contribution is 2.27. The van der Waals surface area contributed by atoms with Gasteiger partial charge in [0.2, 0.25) is 15.9 Å². The zero-order valence-electron chi connectivity index (χ0n) is 13.4. The van der Waals surface area contributed by atoms with Crippen LogP contribution in [0.15, 0.2) is 29.2 Å². The molecule has 132 valence electrons. The van der Waals surface area contributed by atoms with Gasteiger partial charge in [0, 0.05) is 19.6 Å². The van der Waals surface area contributed by atoms with Gasteiger partial charge in [-0.15, -0.1) is 0 Å². The molecule has 2 aliphatic heterocycles. The molecule has 0 radical (unpaired) electrons. The lowest BCUT2D eigenvalue weighted by molar-refractivity contribution is -0.140. The number of carbonyl (C=O) groups excluding carboxylic acids is 1. The van der Waals surface area contributed by atoms with Crippen LogP contribution in [-0.2, 0) is 19.6 Å². The lowest BCUT2D eigenvalue weighted by atomic mass is 10.0. The number of amides is 1. The number of carbonyl (C=O) groups is 1. The van der Waals surface area contributed by atoms with E-state index in [-0.39, 0.29) is 10.8 Å². The minimum atomic E-state index is -3.82. The molecule has 2 saturated heterocycles. The van der Waals surface area contributed by atoms with Crippen LogP contribution in [0.3, 0.4) is 0 Å². The molecule has 6 nitrogen and oxygen atoms in total. The second kappa shape index (κ2) is 7.16. The zero-order valence-corrected chi connectivity index (χ0v) is 14.2. The maximum absolute atomic E-state index is 13.1. The van der Waals surface area contributed by atoms with Crippen molar-refractivity contribution in [3.05, 3.63) is 30.1 Å². The van der Waals surface area contributed by atoms with Crippen molar-refractivity contribution >= 4 is 15.9 Å². The molecule has 3 rings (SSSR count). The third-order valence-corrected chi connectivity index (χ3v) is 6.40. The molecular weight excluding hydrogens is 335 g/mol. The SMILES string of the molecule is O=C([C@@H]1CCCCN1S(=O)(=O)c1ccc(F)cc1)N1CCOCC1. The Kier molecular flexibility index (Phi) is 5.17. The molecule has 0 unspecified atom stereocenters. The van der Waals surface area contributed by atoms with E-state index in [0.717, 1.165) is 18.6 Å². The van der Waals surface area contributed by atoms with Crippen molar-refractivity contribution in [1.29, 1.82) is 0 Å². The van der Waals surface area contributed by atoms with E-state index in [1.807, 2.05) is 0 Å². The smallest absolute Gasteiger partial charge is 0.243 e. The Labute approximate surface area is 141 Å². The predicted molar refractivity (Wildman–Crippen MR) is 85.3 cm³/mol. The first kappa shape index (κ1) is 17.3. The summed E-state index contributed by atoms with van der Waals surface area (Å²) in [6.45, 7) is 2.23. The Morgan fingerprint density at radius 3 is 2.42 bits per heavy atom. The van der Waals surface area contributed by atoms with Gasteiger partial charge in [0.15, 0.2) is 0 Å². The number of hydrogen-bond donors (Lipinski definition) is 0. The van der Waals surface area contributed by atoms with Crippen LogP contribution in [0.1, 0.15) is 19.3 Å². The van der Waals surface area contributed by atoms with Gasteiger partial charge >= 0.3 is 0 Å². The molecule has 2 heterocycles. The summed E-state index contributed by atoms with van der Waals surface area (Å²) in [6.07, 6.45) is 2.04. The van der Waals surface area contributed by atoms with Crippen LogP contribution in [0, 0.1) is 5.82 Å². The molecule has 8 heteroatoms. The van der Waals surface area contributed by atoms with Gasteiger partial charge in [-0.2, -0.15) is 4.31 Å². The maximum Gasteiger partial charge on any atom is 0.243 e. The second-order valence-electron chi connectivity index (χ2n) is 6.02. The second-order valence-corrected chi connectivity index (χ2v) is 7.91. The van der Waals surface area contributed by atoms with Gasteiger partial charge < -0.3 is 9.64 Å². The van der Waals surface area contributed by atoms with Crippen LogP contribution in [0.2, 0.25) is 0 Å². The van der Waals surface area contributed by atoms with Crippen molar-refractivity contribution in [3.63, 3.8) is 0 Å². The third kappa shape index (κ3) is 3.45. The molecule has 1 aromatic carbocycles. The standard InChI is InChI=1S/C16H21FN2O4S/c17-13-4-6-14(7-5-13)24(21,22)19-8-2-1-3-15(19)16(20)18-9-11-23-12-10-18/h4-7,15H,1-3,8-12H2/t15-/m0/s1. The zero-order chi connectivity index (χ0) is 17.2. The van der Waals surface area contributed by atoms with E-state index in [0.29, 0.717) is 45.7 Å². The van der Waals surface area contributed by atoms with E-state index in [4.69, 9.17) is 4.74 Å². The first-order valence-corrected chi connectivity index (χ1v) is 9.58. The highest BCUT2D eigenvalue weighted by Gasteiger charge is 2.39. The molecule has 24 heavy (non-hydrogen) atoms. The number of nitrogens with zero attached hydrogens (tertiary/aromatic N) is 2. The van der Waals surface area contributed by atoms with Crippen molar-refractivity contribution in [2.75, 3.05) is 32.8 Å². The van der Waals surface area contributed by atoms with Crippen LogP contribution in [0.25, 0.3) is 0 Å². The van der Waals surface area contributed by atoms with Crippen LogP contribution in [0.5, 0.6) is 0 Å². The lowest BCUT2D eigenvalue weighted by Gasteiger charge is -2.37. The molecule has 1 atom stereocenters. The number of morpholine rings is 1. The Morgan fingerprint density at radius 1 is 1.08 bits per heavy atom. The molecule has 2 aliphatic rings. The van der Waals surface area contributed by atoms with E-state index < -0.39 is 21.9 Å². The third-order valence-electron chi connectivity index (χ3n) is 4.48. The van der Waals surface area contributed by atoms with Crippen LogP contribution < -0.4 is 0 Å². The van der Waals surface area contributed by atoms with Crippen LogP contribution in [-0.4, -0.2) is 62.4 Å². The number of ether oxygens (including phenoxy) is 1. The monoisotopic (exact) mass is 356 g/mol. The molecule has 1 amide bonds. The van der Waals surface area contributed by atoms with Crippen LogP contribution >= 0.6 is 0 Å². The fourth-order valence-corrected chi connectivity index (χ4v) is 4.83. The van der Waals surface area contributed by atoms with Crippen molar-refractivity contribution in [3.8, 4) is 0 Å². The number of rotatable bonds is 3. The summed E-state index contributed by atoms with van der Waals surface area (Å²) >= 11 is 0. The van der Waals surface area contributed by atoms with E-state index in [2.05, 4.69) is 0 Å². The molecular formula is C16H21FN2O4S. The average Bonchev–Trinajstić information content (AvgIpc) is 2.62. The molecule has 0 aromatic heterocycles. The summed E-state index contributed by atoms with van der Waals surface area (Å²) in [5, 5.41) is 0. The summed E-state index contributed by atoms with van der Waals surface area (Å²) in [5.41, 5.74) is 0. The summed E-state index contributed by atoms with van der Waals surface area (Å²) in [5.74, 6) is -0.655. The maximum atomic E-state index is 13.1. The van der Waals surface area contributed by atoms with E-state index >= 15 is 0 Å². The van der Waals surface area contributed by atoms with E-state index in [9.17, 15) is 17.6 Å². The number of benzene rings is 1. The van der Waals surface area contributed by atoms with Gasteiger partial charge in [0.25, 0.3) is 0 Å². The van der Waals surface area contributed by atoms with Gasteiger partial charge in [0.1, 0.15) is 11.9 Å².